The van der Waals surface area contributed by atoms with Crippen LogP contribution in [0.3, 0.4) is 0 Å². The molecule has 2 rings (SSSR count). The standard InChI is InChI=1S/C16H17BrN2O3S/c17-14-7-4-8-15(11-14)23(21,22)19-10-9-16(20)18-12-13-5-2-1-3-6-13/h1-8,11,19H,9-10,12H2,(H,18,20). The molecule has 122 valence electrons. The van der Waals surface area contributed by atoms with E-state index in [-0.39, 0.29) is 23.8 Å². The topological polar surface area (TPSA) is 75.3 Å². The van der Waals surface area contributed by atoms with Gasteiger partial charge in [-0.25, -0.2) is 13.1 Å². The molecule has 7 heteroatoms. The van der Waals surface area contributed by atoms with Gasteiger partial charge in [-0.1, -0.05) is 52.3 Å². The normalized spacial score (nSPS) is 11.2. The second kappa shape index (κ2) is 8.24. The minimum Gasteiger partial charge on any atom is -0.352 e. The minimum atomic E-state index is -3.61. The van der Waals surface area contributed by atoms with Crippen molar-refractivity contribution in [2.45, 2.75) is 17.9 Å². The number of carbonyl (C=O) groups is 1. The highest BCUT2D eigenvalue weighted by molar-refractivity contribution is 9.10. The zero-order valence-electron chi connectivity index (χ0n) is 12.3. The van der Waals surface area contributed by atoms with Gasteiger partial charge in [0.1, 0.15) is 0 Å². The summed E-state index contributed by atoms with van der Waals surface area (Å²) >= 11 is 3.23. The predicted molar refractivity (Wildman–Crippen MR) is 92.2 cm³/mol. The molecule has 0 fully saturated rings. The van der Waals surface area contributed by atoms with Crippen LogP contribution in [0.1, 0.15) is 12.0 Å². The number of halogens is 1. The Labute approximate surface area is 144 Å². The molecule has 0 atom stereocenters. The SMILES string of the molecule is O=C(CCNS(=O)(=O)c1cccc(Br)c1)NCc1ccccc1. The van der Waals surface area contributed by atoms with E-state index in [1.54, 1.807) is 12.1 Å². The van der Waals surface area contributed by atoms with E-state index in [4.69, 9.17) is 0 Å². The Morgan fingerprint density at radius 1 is 1.04 bits per heavy atom. The quantitative estimate of drug-likeness (QED) is 0.754. The molecule has 0 aliphatic carbocycles. The van der Waals surface area contributed by atoms with Crippen LogP contribution in [-0.2, 0) is 21.4 Å². The number of nitrogens with one attached hydrogen (secondary N) is 2. The molecular weight excluding hydrogens is 380 g/mol. The lowest BCUT2D eigenvalue weighted by atomic mass is 10.2. The van der Waals surface area contributed by atoms with Gasteiger partial charge in [0.2, 0.25) is 15.9 Å². The van der Waals surface area contributed by atoms with Crippen molar-refractivity contribution < 1.29 is 13.2 Å². The van der Waals surface area contributed by atoms with Gasteiger partial charge in [-0.05, 0) is 23.8 Å². The Morgan fingerprint density at radius 2 is 1.78 bits per heavy atom. The molecule has 0 unspecified atom stereocenters. The van der Waals surface area contributed by atoms with Crippen molar-refractivity contribution in [2.24, 2.45) is 0 Å². The Balaban J connectivity index is 1.79. The molecule has 2 aromatic carbocycles. The first-order valence-corrected chi connectivity index (χ1v) is 9.31. The van der Waals surface area contributed by atoms with Crippen molar-refractivity contribution in [1.82, 2.24) is 10.0 Å². The maximum Gasteiger partial charge on any atom is 0.240 e. The number of sulfonamides is 1. The summed E-state index contributed by atoms with van der Waals surface area (Å²) in [5.41, 5.74) is 0.996. The molecule has 0 spiro atoms. The molecule has 0 aliphatic heterocycles. The van der Waals surface area contributed by atoms with Gasteiger partial charge >= 0.3 is 0 Å². The Hall–Kier alpha value is -1.70. The van der Waals surface area contributed by atoms with Crippen molar-refractivity contribution in [3.05, 3.63) is 64.6 Å². The maximum absolute atomic E-state index is 12.1. The molecular formula is C16H17BrN2O3S. The highest BCUT2D eigenvalue weighted by Gasteiger charge is 2.14. The third-order valence-corrected chi connectivity index (χ3v) is 5.03. The van der Waals surface area contributed by atoms with Crippen LogP contribution in [0.2, 0.25) is 0 Å². The van der Waals surface area contributed by atoms with Gasteiger partial charge in [-0.2, -0.15) is 0 Å². The number of hydrogen-bond acceptors (Lipinski definition) is 3. The predicted octanol–water partition coefficient (Wildman–Crippen LogP) is 2.43. The number of hydrogen-bond donors (Lipinski definition) is 2. The molecule has 2 N–H and O–H groups in total. The molecule has 5 nitrogen and oxygen atoms in total. The van der Waals surface area contributed by atoms with Crippen LogP contribution in [0, 0.1) is 0 Å². The van der Waals surface area contributed by atoms with E-state index in [1.807, 2.05) is 30.3 Å². The van der Waals surface area contributed by atoms with Gasteiger partial charge in [0.05, 0.1) is 4.90 Å². The third-order valence-electron chi connectivity index (χ3n) is 3.08. The van der Waals surface area contributed by atoms with Gasteiger partial charge in [-0.3, -0.25) is 4.79 Å². The lowest BCUT2D eigenvalue weighted by molar-refractivity contribution is -0.121. The number of rotatable bonds is 7. The van der Waals surface area contributed by atoms with Crippen LogP contribution in [-0.4, -0.2) is 20.9 Å². The van der Waals surface area contributed by atoms with Gasteiger partial charge in [0, 0.05) is 24.0 Å². The van der Waals surface area contributed by atoms with Crippen LogP contribution in [0.25, 0.3) is 0 Å². The zero-order valence-corrected chi connectivity index (χ0v) is 14.7. The molecule has 23 heavy (non-hydrogen) atoms. The summed E-state index contributed by atoms with van der Waals surface area (Å²) in [5, 5.41) is 2.75. The van der Waals surface area contributed by atoms with Crippen molar-refractivity contribution in [3.8, 4) is 0 Å². The van der Waals surface area contributed by atoms with E-state index < -0.39 is 10.0 Å². The van der Waals surface area contributed by atoms with Crippen LogP contribution in [0.5, 0.6) is 0 Å². The van der Waals surface area contributed by atoms with E-state index in [9.17, 15) is 13.2 Å². The van der Waals surface area contributed by atoms with Crippen LogP contribution in [0.4, 0.5) is 0 Å². The summed E-state index contributed by atoms with van der Waals surface area (Å²) in [5.74, 6) is -0.203. The maximum atomic E-state index is 12.1. The highest BCUT2D eigenvalue weighted by atomic mass is 79.9. The van der Waals surface area contributed by atoms with Crippen molar-refractivity contribution in [2.75, 3.05) is 6.54 Å². The fraction of sp³-hybridized carbons (Fsp3) is 0.188. The zero-order chi connectivity index (χ0) is 16.7. The van der Waals surface area contributed by atoms with E-state index in [2.05, 4.69) is 26.0 Å². The molecule has 0 radical (unpaired) electrons. The van der Waals surface area contributed by atoms with Gasteiger partial charge < -0.3 is 5.32 Å². The lowest BCUT2D eigenvalue weighted by Crippen LogP contribution is -2.30. The van der Waals surface area contributed by atoms with E-state index in [0.29, 0.717) is 11.0 Å². The first-order valence-electron chi connectivity index (χ1n) is 7.03. The molecule has 0 saturated heterocycles. The van der Waals surface area contributed by atoms with E-state index in [0.717, 1.165) is 5.56 Å². The molecule has 2 aromatic rings. The molecule has 0 heterocycles. The average molecular weight is 397 g/mol. The van der Waals surface area contributed by atoms with Crippen LogP contribution >= 0.6 is 15.9 Å². The lowest BCUT2D eigenvalue weighted by Gasteiger charge is -2.08. The Morgan fingerprint density at radius 3 is 2.48 bits per heavy atom. The second-order valence-corrected chi connectivity index (χ2v) is 7.55. The fourth-order valence-corrected chi connectivity index (χ4v) is 3.53. The number of carbonyl (C=O) groups excluding carboxylic acids is 1. The molecule has 1 amide bonds. The molecule has 0 aliphatic rings. The largest absolute Gasteiger partial charge is 0.352 e. The summed E-state index contributed by atoms with van der Waals surface area (Å²) in [6, 6.07) is 15.9. The highest BCUT2D eigenvalue weighted by Crippen LogP contribution is 2.15. The Kier molecular flexibility index (Phi) is 6.32. The van der Waals surface area contributed by atoms with Crippen LogP contribution < -0.4 is 10.0 Å². The summed E-state index contributed by atoms with van der Waals surface area (Å²) in [6.45, 7) is 0.480. The van der Waals surface area contributed by atoms with Crippen molar-refractivity contribution in [3.63, 3.8) is 0 Å². The molecule has 0 aromatic heterocycles. The van der Waals surface area contributed by atoms with Gasteiger partial charge in [-0.15, -0.1) is 0 Å². The van der Waals surface area contributed by atoms with E-state index >= 15 is 0 Å². The summed E-state index contributed by atoms with van der Waals surface area (Å²) in [7, 11) is -3.61. The number of amides is 1. The number of benzene rings is 2. The van der Waals surface area contributed by atoms with Gasteiger partial charge in [0.15, 0.2) is 0 Å². The summed E-state index contributed by atoms with van der Waals surface area (Å²) < 4.78 is 27.3. The molecule has 0 bridgehead atoms. The average Bonchev–Trinajstić information content (AvgIpc) is 2.54. The van der Waals surface area contributed by atoms with Crippen LogP contribution in [0.15, 0.2) is 64.0 Å². The third kappa shape index (κ3) is 5.78. The van der Waals surface area contributed by atoms with E-state index in [1.165, 1.54) is 12.1 Å². The first-order chi connectivity index (χ1) is 11.0. The Bertz CT molecular complexity index is 764. The fourth-order valence-electron chi connectivity index (χ4n) is 1.90. The minimum absolute atomic E-state index is 0.0511. The van der Waals surface area contributed by atoms with Crippen molar-refractivity contribution in [1.29, 1.82) is 0 Å². The smallest absolute Gasteiger partial charge is 0.240 e. The monoisotopic (exact) mass is 396 g/mol. The van der Waals surface area contributed by atoms with Gasteiger partial charge in [0.25, 0.3) is 0 Å². The second-order valence-electron chi connectivity index (χ2n) is 4.87. The summed E-state index contributed by atoms with van der Waals surface area (Å²) in [4.78, 5) is 11.9. The van der Waals surface area contributed by atoms with Crippen molar-refractivity contribution >= 4 is 31.9 Å². The summed E-state index contributed by atoms with van der Waals surface area (Å²) in [6.07, 6.45) is 0.0834. The first kappa shape index (κ1) is 17.7. The molecule has 0 saturated carbocycles.